The highest BCUT2D eigenvalue weighted by molar-refractivity contribution is 7.80. The second-order valence-electron chi connectivity index (χ2n) is 3.84. The highest BCUT2D eigenvalue weighted by Gasteiger charge is 2.12. The maximum absolute atomic E-state index is 4.38. The average molecular weight is 221 g/mol. The molecular weight excluding hydrogens is 206 g/mol. The number of aromatic amines is 1. The van der Waals surface area contributed by atoms with Crippen molar-refractivity contribution in [1.29, 1.82) is 0 Å². The third kappa shape index (κ3) is 2.01. The Balaban J connectivity index is 2.41. The van der Waals surface area contributed by atoms with Crippen molar-refractivity contribution in [2.24, 2.45) is 0 Å². The minimum Gasteiger partial charge on any atom is -0.345 e. The van der Waals surface area contributed by atoms with E-state index < -0.39 is 0 Å². The van der Waals surface area contributed by atoms with Crippen LogP contribution in [0.3, 0.4) is 0 Å². The summed E-state index contributed by atoms with van der Waals surface area (Å²) >= 11 is 4.38. The first-order chi connectivity index (χ1) is 7.22. The molecule has 1 heterocycles. The van der Waals surface area contributed by atoms with Crippen LogP contribution < -0.4 is 0 Å². The van der Waals surface area contributed by atoms with Gasteiger partial charge in [-0.3, -0.25) is 0 Å². The van der Waals surface area contributed by atoms with E-state index in [0.29, 0.717) is 6.04 Å². The molecule has 2 rings (SSSR count). The Bertz CT molecular complexity index is 450. The van der Waals surface area contributed by atoms with Crippen LogP contribution in [0, 0.1) is 0 Å². The number of imidazole rings is 1. The number of benzene rings is 1. The fourth-order valence-corrected chi connectivity index (χ4v) is 2.26. The number of hydrogen-bond acceptors (Lipinski definition) is 3. The quantitative estimate of drug-likeness (QED) is 0.778. The Morgan fingerprint density at radius 1 is 1.47 bits per heavy atom. The molecule has 0 spiro atoms. The van der Waals surface area contributed by atoms with Crippen LogP contribution in [-0.2, 0) is 0 Å². The molecule has 80 valence electrons. The summed E-state index contributed by atoms with van der Waals surface area (Å²) in [7, 11) is 4.14. The lowest BCUT2D eigenvalue weighted by atomic mass is 10.1. The number of hydrogen-bond donors (Lipinski definition) is 2. The van der Waals surface area contributed by atoms with Crippen molar-refractivity contribution in [3.63, 3.8) is 0 Å². The molecule has 0 saturated carbocycles. The predicted molar refractivity (Wildman–Crippen MR) is 66.4 cm³/mol. The number of nitrogens with one attached hydrogen (secondary N) is 1. The van der Waals surface area contributed by atoms with E-state index >= 15 is 0 Å². The Hall–Kier alpha value is -1.00. The number of H-pyrrole nitrogens is 1. The van der Waals surface area contributed by atoms with Crippen LogP contribution in [0.15, 0.2) is 24.5 Å². The summed E-state index contributed by atoms with van der Waals surface area (Å²) in [5, 5.41) is 0. The van der Waals surface area contributed by atoms with Crippen LogP contribution in [0.4, 0.5) is 0 Å². The van der Waals surface area contributed by atoms with Crippen molar-refractivity contribution in [3.8, 4) is 0 Å². The third-order valence-electron chi connectivity index (χ3n) is 2.63. The molecule has 0 amide bonds. The van der Waals surface area contributed by atoms with Gasteiger partial charge in [0.15, 0.2) is 0 Å². The number of rotatable bonds is 3. The van der Waals surface area contributed by atoms with Crippen molar-refractivity contribution in [3.05, 3.63) is 30.1 Å². The van der Waals surface area contributed by atoms with E-state index in [2.05, 4.69) is 53.7 Å². The first-order valence-electron chi connectivity index (χ1n) is 4.92. The molecule has 1 atom stereocenters. The lowest BCUT2D eigenvalue weighted by molar-refractivity contribution is 0.327. The van der Waals surface area contributed by atoms with Crippen molar-refractivity contribution < 1.29 is 0 Å². The zero-order valence-corrected chi connectivity index (χ0v) is 9.83. The van der Waals surface area contributed by atoms with E-state index in [1.54, 1.807) is 6.33 Å². The zero-order chi connectivity index (χ0) is 10.8. The van der Waals surface area contributed by atoms with E-state index in [-0.39, 0.29) is 0 Å². The van der Waals surface area contributed by atoms with Crippen molar-refractivity contribution in [2.75, 3.05) is 19.8 Å². The molecule has 3 nitrogen and oxygen atoms in total. The molecule has 0 bridgehead atoms. The zero-order valence-electron chi connectivity index (χ0n) is 8.94. The molecule has 1 N–H and O–H groups in total. The second-order valence-corrected chi connectivity index (χ2v) is 4.21. The monoisotopic (exact) mass is 221 g/mol. The summed E-state index contributed by atoms with van der Waals surface area (Å²) in [5.41, 5.74) is 3.36. The lowest BCUT2D eigenvalue weighted by Crippen LogP contribution is -2.21. The first-order valence-corrected chi connectivity index (χ1v) is 5.56. The second kappa shape index (κ2) is 4.24. The molecule has 0 aliphatic rings. The molecule has 1 aromatic carbocycles. The van der Waals surface area contributed by atoms with E-state index in [4.69, 9.17) is 0 Å². The van der Waals surface area contributed by atoms with Crippen LogP contribution >= 0.6 is 12.6 Å². The predicted octanol–water partition coefficient (Wildman–Crippen LogP) is 2.10. The van der Waals surface area contributed by atoms with Crippen molar-refractivity contribution in [2.45, 2.75) is 6.04 Å². The third-order valence-corrected chi connectivity index (χ3v) is 2.97. The lowest BCUT2D eigenvalue weighted by Gasteiger charge is -2.22. The van der Waals surface area contributed by atoms with Gasteiger partial charge in [0.25, 0.3) is 0 Å². The van der Waals surface area contributed by atoms with Gasteiger partial charge >= 0.3 is 0 Å². The SMILES string of the molecule is CN(C)C(CS)c1ccc2nc[nH]c2c1. The van der Waals surface area contributed by atoms with E-state index in [0.717, 1.165) is 16.8 Å². The minimum absolute atomic E-state index is 0.348. The van der Waals surface area contributed by atoms with E-state index in [9.17, 15) is 0 Å². The summed E-state index contributed by atoms with van der Waals surface area (Å²) in [5.74, 6) is 0.812. The fourth-order valence-electron chi connectivity index (χ4n) is 1.73. The molecule has 0 aliphatic carbocycles. The van der Waals surface area contributed by atoms with E-state index in [1.807, 2.05) is 6.07 Å². The molecular formula is C11H15N3S. The molecule has 15 heavy (non-hydrogen) atoms. The summed E-state index contributed by atoms with van der Waals surface area (Å²) in [4.78, 5) is 9.50. The van der Waals surface area contributed by atoms with Gasteiger partial charge in [-0.1, -0.05) is 6.07 Å². The molecule has 1 aromatic heterocycles. The van der Waals surface area contributed by atoms with Crippen LogP contribution in [0.25, 0.3) is 11.0 Å². The van der Waals surface area contributed by atoms with Crippen molar-refractivity contribution >= 4 is 23.7 Å². The molecule has 0 saturated heterocycles. The summed E-state index contributed by atoms with van der Waals surface area (Å²) in [6.07, 6.45) is 1.72. The topological polar surface area (TPSA) is 31.9 Å². The van der Waals surface area contributed by atoms with Crippen molar-refractivity contribution in [1.82, 2.24) is 14.9 Å². The van der Waals surface area contributed by atoms with Gasteiger partial charge in [0.05, 0.1) is 17.4 Å². The van der Waals surface area contributed by atoms with Gasteiger partial charge in [-0.25, -0.2) is 4.98 Å². The standard InChI is InChI=1S/C11H15N3S/c1-14(2)11(6-15)8-3-4-9-10(5-8)13-7-12-9/h3-5,7,11,15H,6H2,1-2H3,(H,12,13). The van der Waals surface area contributed by atoms with Gasteiger partial charge in [0, 0.05) is 11.8 Å². The summed E-state index contributed by atoms with van der Waals surface area (Å²) < 4.78 is 0. The van der Waals surface area contributed by atoms with Crippen LogP contribution in [-0.4, -0.2) is 34.7 Å². The van der Waals surface area contributed by atoms with Gasteiger partial charge in [-0.15, -0.1) is 0 Å². The van der Waals surface area contributed by atoms with E-state index in [1.165, 1.54) is 5.56 Å². The Labute approximate surface area is 94.9 Å². The highest BCUT2D eigenvalue weighted by Crippen LogP contribution is 2.22. The molecule has 4 heteroatoms. The minimum atomic E-state index is 0.348. The maximum atomic E-state index is 4.38. The molecule has 2 aromatic rings. The van der Waals surface area contributed by atoms with Gasteiger partial charge in [-0.2, -0.15) is 12.6 Å². The first kappa shape index (κ1) is 10.5. The van der Waals surface area contributed by atoms with Gasteiger partial charge in [-0.05, 0) is 31.8 Å². The van der Waals surface area contributed by atoms with Gasteiger partial charge in [0.1, 0.15) is 0 Å². The average Bonchev–Trinajstić information content (AvgIpc) is 2.65. The Morgan fingerprint density at radius 3 is 2.93 bits per heavy atom. The van der Waals surface area contributed by atoms with Crippen LogP contribution in [0.5, 0.6) is 0 Å². The van der Waals surface area contributed by atoms with Gasteiger partial charge < -0.3 is 9.88 Å². The number of thiol groups is 1. The number of fused-ring (bicyclic) bond motifs is 1. The largest absolute Gasteiger partial charge is 0.345 e. The maximum Gasteiger partial charge on any atom is 0.0931 e. The molecule has 0 aliphatic heterocycles. The number of aromatic nitrogens is 2. The Kier molecular flexibility index (Phi) is 2.98. The fraction of sp³-hybridized carbons (Fsp3) is 0.364. The normalized spacial score (nSPS) is 13.6. The van der Waals surface area contributed by atoms with Crippen LogP contribution in [0.1, 0.15) is 11.6 Å². The Morgan fingerprint density at radius 2 is 2.27 bits per heavy atom. The summed E-state index contributed by atoms with van der Waals surface area (Å²) in [6.45, 7) is 0. The van der Waals surface area contributed by atoms with Crippen LogP contribution in [0.2, 0.25) is 0 Å². The molecule has 0 fully saturated rings. The van der Waals surface area contributed by atoms with Gasteiger partial charge in [0.2, 0.25) is 0 Å². The number of nitrogens with zero attached hydrogens (tertiary/aromatic N) is 2. The smallest absolute Gasteiger partial charge is 0.0931 e. The molecule has 1 unspecified atom stereocenters. The molecule has 0 radical (unpaired) electrons. The highest BCUT2D eigenvalue weighted by atomic mass is 32.1. The summed E-state index contributed by atoms with van der Waals surface area (Å²) in [6, 6.07) is 6.65.